The molecule has 0 aliphatic heterocycles. The Morgan fingerprint density at radius 1 is 1.25 bits per heavy atom. The summed E-state index contributed by atoms with van der Waals surface area (Å²) in [6.45, 7) is 10.7. The van der Waals surface area contributed by atoms with Crippen LogP contribution in [0.3, 0.4) is 0 Å². The van der Waals surface area contributed by atoms with Gasteiger partial charge in [0.2, 0.25) is 0 Å². The molecule has 0 spiro atoms. The van der Waals surface area contributed by atoms with E-state index in [0.717, 1.165) is 50.6 Å². The molecule has 2 aliphatic carbocycles. The van der Waals surface area contributed by atoms with Crippen molar-refractivity contribution in [3.05, 3.63) is 41.0 Å². The molecule has 3 atom stereocenters. The molecule has 2 aromatic rings. The standard InChI is InChI=1S/C15H26O2S.C12H14N2S.C5H7FO/c1-5-7-13(15(2,3)18-4)14(17)12-9-6-8-11(12)10-16;1-9-12(15-8-14-9)11-5-3-10(4-6-11)7-13-2;1-4(7)5(6)2-3-5/h10-13H,5-9H2,1-4H3;3-6,8,13H,7H2,1-2H3;2-3H2,1H3. The predicted octanol–water partition coefficient (Wildman–Crippen LogP) is 7.64. The van der Waals surface area contributed by atoms with Crippen LogP contribution in [0.5, 0.6) is 0 Å². The Hall–Kier alpha value is -1.90. The molecule has 3 unspecified atom stereocenters. The number of aldehydes is 1. The summed E-state index contributed by atoms with van der Waals surface area (Å²) in [7, 11) is 1.96. The molecule has 40 heavy (non-hydrogen) atoms. The van der Waals surface area contributed by atoms with Crippen LogP contribution in [0.25, 0.3) is 10.4 Å². The van der Waals surface area contributed by atoms with E-state index in [0.29, 0.717) is 18.6 Å². The Kier molecular flexibility index (Phi) is 13.7. The number of thioether (sulfide) groups is 1. The van der Waals surface area contributed by atoms with E-state index in [1.165, 1.54) is 22.9 Å². The van der Waals surface area contributed by atoms with Crippen LogP contribution < -0.4 is 5.32 Å². The van der Waals surface area contributed by atoms with Crippen molar-refractivity contribution in [2.75, 3.05) is 13.3 Å². The van der Waals surface area contributed by atoms with Gasteiger partial charge >= 0.3 is 0 Å². The van der Waals surface area contributed by atoms with Crippen molar-refractivity contribution in [2.24, 2.45) is 17.8 Å². The molecular weight excluding hydrogens is 543 g/mol. The number of alkyl halides is 1. The monoisotopic (exact) mass is 590 g/mol. The Balaban J connectivity index is 0.000000228. The molecule has 1 aromatic heterocycles. The summed E-state index contributed by atoms with van der Waals surface area (Å²) in [6, 6.07) is 8.64. The van der Waals surface area contributed by atoms with E-state index in [4.69, 9.17) is 0 Å². The number of rotatable bonds is 11. The van der Waals surface area contributed by atoms with Gasteiger partial charge in [0.25, 0.3) is 0 Å². The zero-order chi connectivity index (χ0) is 29.9. The number of aryl methyl sites for hydroxylation is 1. The summed E-state index contributed by atoms with van der Waals surface area (Å²) in [5.41, 5.74) is 4.19. The molecular formula is C32H47FN2O3S2. The summed E-state index contributed by atoms with van der Waals surface area (Å²) >= 11 is 3.46. The van der Waals surface area contributed by atoms with E-state index in [-0.39, 0.29) is 28.3 Å². The predicted molar refractivity (Wildman–Crippen MR) is 167 cm³/mol. The molecule has 0 bridgehead atoms. The van der Waals surface area contributed by atoms with Crippen LogP contribution in [0.4, 0.5) is 4.39 Å². The van der Waals surface area contributed by atoms with Crippen molar-refractivity contribution in [1.29, 1.82) is 0 Å². The maximum Gasteiger partial charge on any atom is 0.168 e. The number of hydrogen-bond acceptors (Lipinski definition) is 7. The number of ketones is 2. The molecule has 2 saturated carbocycles. The molecule has 0 amide bonds. The Morgan fingerprint density at radius 3 is 2.33 bits per heavy atom. The first kappa shape index (κ1) is 34.3. The van der Waals surface area contributed by atoms with Gasteiger partial charge in [-0.05, 0) is 70.4 Å². The van der Waals surface area contributed by atoms with Crippen molar-refractivity contribution in [2.45, 2.75) is 96.5 Å². The fourth-order valence-electron chi connectivity index (χ4n) is 5.05. The zero-order valence-electron chi connectivity index (χ0n) is 25.2. The maximum absolute atomic E-state index is 12.7. The molecule has 5 nitrogen and oxygen atoms in total. The van der Waals surface area contributed by atoms with Gasteiger partial charge in [0.1, 0.15) is 12.1 Å². The number of carbonyl (C=O) groups excluding carboxylic acids is 3. The number of nitrogens with one attached hydrogen (secondary N) is 1. The smallest absolute Gasteiger partial charge is 0.168 e. The van der Waals surface area contributed by atoms with Gasteiger partial charge in [-0.2, -0.15) is 11.8 Å². The van der Waals surface area contributed by atoms with Crippen LogP contribution in [-0.4, -0.2) is 46.6 Å². The second kappa shape index (κ2) is 15.9. The molecule has 1 N–H and O–H groups in total. The lowest BCUT2D eigenvalue weighted by Gasteiger charge is -2.34. The first-order valence-corrected chi connectivity index (χ1v) is 16.4. The van der Waals surface area contributed by atoms with Gasteiger partial charge < -0.3 is 10.1 Å². The number of aromatic nitrogens is 1. The third kappa shape index (κ3) is 9.59. The number of Topliss-reactive ketones (excluding diaryl/α,β-unsaturated/α-hetero) is 2. The largest absolute Gasteiger partial charge is 0.316 e. The first-order chi connectivity index (χ1) is 18.9. The average Bonchev–Trinajstić information content (AvgIpc) is 3.31. The molecule has 1 aromatic carbocycles. The minimum atomic E-state index is -1.39. The van der Waals surface area contributed by atoms with Gasteiger partial charge in [-0.3, -0.25) is 9.59 Å². The normalized spacial score (nSPS) is 19.9. The topological polar surface area (TPSA) is 76.1 Å². The van der Waals surface area contributed by atoms with Gasteiger partial charge in [-0.1, -0.05) is 57.9 Å². The van der Waals surface area contributed by atoms with Crippen LogP contribution >= 0.6 is 23.1 Å². The van der Waals surface area contributed by atoms with E-state index in [9.17, 15) is 18.8 Å². The van der Waals surface area contributed by atoms with E-state index < -0.39 is 5.67 Å². The summed E-state index contributed by atoms with van der Waals surface area (Å²) < 4.78 is 12.2. The fourth-order valence-corrected chi connectivity index (χ4v) is 6.38. The first-order valence-electron chi connectivity index (χ1n) is 14.3. The number of halogens is 1. The minimum Gasteiger partial charge on any atom is -0.316 e. The van der Waals surface area contributed by atoms with E-state index in [1.807, 2.05) is 19.5 Å². The van der Waals surface area contributed by atoms with Crippen molar-refractivity contribution >= 4 is 41.0 Å². The lowest BCUT2D eigenvalue weighted by atomic mass is 9.78. The van der Waals surface area contributed by atoms with Gasteiger partial charge in [0, 0.05) is 29.0 Å². The van der Waals surface area contributed by atoms with Crippen LogP contribution in [-0.2, 0) is 20.9 Å². The number of thiazole rings is 1. The summed E-state index contributed by atoms with van der Waals surface area (Å²) in [5, 5.41) is 3.14. The lowest BCUT2D eigenvalue weighted by Crippen LogP contribution is -2.38. The molecule has 222 valence electrons. The number of nitrogens with zero attached hydrogens (tertiary/aromatic N) is 1. The second-order valence-electron chi connectivity index (χ2n) is 11.4. The van der Waals surface area contributed by atoms with E-state index in [2.05, 4.69) is 61.6 Å². The van der Waals surface area contributed by atoms with Gasteiger partial charge in [-0.15, -0.1) is 11.3 Å². The Morgan fingerprint density at radius 2 is 1.90 bits per heavy atom. The summed E-state index contributed by atoms with van der Waals surface area (Å²) in [5.74, 6) is 0.0846. The van der Waals surface area contributed by atoms with Crippen LogP contribution in [0.15, 0.2) is 29.8 Å². The number of benzene rings is 1. The maximum atomic E-state index is 12.7. The molecule has 2 aliphatic rings. The third-order valence-electron chi connectivity index (χ3n) is 8.06. The van der Waals surface area contributed by atoms with E-state index in [1.54, 1.807) is 23.1 Å². The second-order valence-corrected chi connectivity index (χ2v) is 13.7. The van der Waals surface area contributed by atoms with Crippen molar-refractivity contribution in [1.82, 2.24) is 10.3 Å². The fraction of sp³-hybridized carbons (Fsp3) is 0.625. The highest BCUT2D eigenvalue weighted by atomic mass is 32.2. The summed E-state index contributed by atoms with van der Waals surface area (Å²) in [4.78, 5) is 39.5. The molecule has 0 saturated heterocycles. The van der Waals surface area contributed by atoms with E-state index >= 15 is 0 Å². The van der Waals surface area contributed by atoms with Crippen LogP contribution in [0.2, 0.25) is 0 Å². The average molecular weight is 591 g/mol. The van der Waals surface area contributed by atoms with Crippen LogP contribution in [0.1, 0.15) is 83.9 Å². The van der Waals surface area contributed by atoms with Crippen LogP contribution in [0, 0.1) is 24.7 Å². The summed E-state index contributed by atoms with van der Waals surface area (Å²) in [6.07, 6.45) is 8.77. The number of carbonyl (C=O) groups is 3. The minimum absolute atomic E-state index is 0.00882. The highest BCUT2D eigenvalue weighted by Crippen LogP contribution is 2.41. The molecule has 0 radical (unpaired) electrons. The highest BCUT2D eigenvalue weighted by molar-refractivity contribution is 8.00. The SMILES string of the molecule is CC(=O)C1(F)CC1.CCCC(C(=O)C1CCCC1C=O)C(C)(C)SC.CNCc1ccc(-c2scnc2C)cc1. The van der Waals surface area contributed by atoms with Crippen molar-refractivity contribution in [3.8, 4) is 10.4 Å². The zero-order valence-corrected chi connectivity index (χ0v) is 26.9. The Labute approximate surface area is 248 Å². The molecule has 2 fully saturated rings. The molecule has 1 heterocycles. The highest BCUT2D eigenvalue weighted by Gasteiger charge is 2.47. The Bertz CT molecular complexity index is 1100. The van der Waals surface area contributed by atoms with Gasteiger partial charge in [0.15, 0.2) is 11.5 Å². The number of hydrogen-bond donors (Lipinski definition) is 1. The van der Waals surface area contributed by atoms with Gasteiger partial charge in [-0.25, -0.2) is 9.37 Å². The van der Waals surface area contributed by atoms with Crippen molar-refractivity contribution < 1.29 is 18.8 Å². The molecule has 8 heteroatoms. The lowest BCUT2D eigenvalue weighted by molar-refractivity contribution is -0.131. The molecule has 4 rings (SSSR count). The van der Waals surface area contributed by atoms with Crippen molar-refractivity contribution in [3.63, 3.8) is 0 Å². The quantitative estimate of drug-likeness (QED) is 0.271. The third-order valence-corrected chi connectivity index (χ3v) is 10.4. The van der Waals surface area contributed by atoms with Gasteiger partial charge in [0.05, 0.1) is 16.1 Å².